The fourth-order valence-electron chi connectivity index (χ4n) is 2.30. The van der Waals surface area contributed by atoms with Crippen LogP contribution in [0.5, 0.6) is 0 Å². The molecule has 1 fully saturated rings. The summed E-state index contributed by atoms with van der Waals surface area (Å²) in [5.74, 6) is 0.146. The van der Waals surface area contributed by atoms with E-state index in [1.807, 2.05) is 6.92 Å². The molecular formula is C12H18ClN3O2. The first-order valence-corrected chi connectivity index (χ1v) is 6.37. The molecule has 0 saturated carbocycles. The third-order valence-corrected chi connectivity index (χ3v) is 3.91. The Morgan fingerprint density at radius 3 is 2.89 bits per heavy atom. The van der Waals surface area contributed by atoms with Crippen molar-refractivity contribution in [3.8, 4) is 0 Å². The third-order valence-electron chi connectivity index (χ3n) is 3.43. The van der Waals surface area contributed by atoms with Crippen molar-refractivity contribution in [2.24, 2.45) is 7.05 Å². The maximum absolute atomic E-state index is 12.2. The molecule has 6 heteroatoms. The van der Waals surface area contributed by atoms with Crippen LogP contribution in [0.15, 0.2) is 0 Å². The number of methoxy groups -OCH3 is 1. The summed E-state index contributed by atoms with van der Waals surface area (Å²) in [4.78, 5) is 12.2. The van der Waals surface area contributed by atoms with Gasteiger partial charge in [-0.15, -0.1) is 0 Å². The summed E-state index contributed by atoms with van der Waals surface area (Å²) in [6.07, 6.45) is 1.18. The van der Waals surface area contributed by atoms with E-state index in [4.69, 9.17) is 16.3 Å². The van der Waals surface area contributed by atoms with E-state index in [0.29, 0.717) is 11.6 Å². The molecule has 5 nitrogen and oxygen atoms in total. The molecule has 2 heterocycles. The van der Waals surface area contributed by atoms with Crippen molar-refractivity contribution in [3.63, 3.8) is 0 Å². The Morgan fingerprint density at radius 2 is 2.39 bits per heavy atom. The van der Waals surface area contributed by atoms with Crippen LogP contribution in [0.1, 0.15) is 17.7 Å². The van der Waals surface area contributed by atoms with E-state index in [-0.39, 0.29) is 17.9 Å². The Hall–Kier alpha value is -0.910. The van der Waals surface area contributed by atoms with Gasteiger partial charge in [-0.25, -0.2) is 0 Å². The van der Waals surface area contributed by atoms with Crippen LogP contribution in [0, 0.1) is 6.92 Å². The van der Waals surface area contributed by atoms with Gasteiger partial charge in [-0.2, -0.15) is 5.10 Å². The molecule has 0 aliphatic carbocycles. The highest BCUT2D eigenvalue weighted by Gasteiger charge is 2.30. The Bertz CT molecular complexity index is 458. The summed E-state index contributed by atoms with van der Waals surface area (Å²) in [6.45, 7) is 2.60. The molecule has 1 aromatic rings. The minimum absolute atomic E-state index is 0.129. The van der Waals surface area contributed by atoms with E-state index >= 15 is 0 Å². The fourth-order valence-corrected chi connectivity index (χ4v) is 2.54. The zero-order valence-electron chi connectivity index (χ0n) is 10.9. The zero-order chi connectivity index (χ0) is 13.3. The molecule has 2 unspecified atom stereocenters. The van der Waals surface area contributed by atoms with Crippen molar-refractivity contribution < 1.29 is 9.53 Å². The summed E-state index contributed by atoms with van der Waals surface area (Å²) >= 11 is 6.12. The number of Topliss-reactive ketones (excluding diaryl/α,β-unsaturated/α-hetero) is 1. The van der Waals surface area contributed by atoms with Crippen molar-refractivity contribution in [1.29, 1.82) is 0 Å². The molecular weight excluding hydrogens is 254 g/mol. The molecule has 0 spiro atoms. The SMILES string of the molecule is COC1CNC(C(=O)Cc2c(C)nn(C)c2Cl)C1. The fraction of sp³-hybridized carbons (Fsp3) is 0.667. The van der Waals surface area contributed by atoms with Crippen LogP contribution in [0.25, 0.3) is 0 Å². The van der Waals surface area contributed by atoms with E-state index in [0.717, 1.165) is 24.2 Å². The van der Waals surface area contributed by atoms with E-state index in [1.54, 1.807) is 18.8 Å². The standard InChI is InChI=1S/C12H18ClN3O2/c1-7-9(12(13)16(2)15-7)5-11(17)10-4-8(18-3)6-14-10/h8,10,14H,4-6H2,1-3H3. The van der Waals surface area contributed by atoms with Gasteiger partial charge in [0.05, 0.1) is 17.8 Å². The van der Waals surface area contributed by atoms with Gasteiger partial charge in [0.15, 0.2) is 5.78 Å². The summed E-state index contributed by atoms with van der Waals surface area (Å²) in [5.41, 5.74) is 1.64. The minimum Gasteiger partial charge on any atom is -0.380 e. The molecule has 100 valence electrons. The largest absolute Gasteiger partial charge is 0.380 e. The van der Waals surface area contributed by atoms with Crippen LogP contribution in [-0.4, -0.2) is 41.4 Å². The second-order valence-electron chi connectivity index (χ2n) is 4.68. The quantitative estimate of drug-likeness (QED) is 0.883. The first-order valence-electron chi connectivity index (χ1n) is 5.99. The van der Waals surface area contributed by atoms with Crippen molar-refractivity contribution in [2.45, 2.75) is 31.9 Å². The lowest BCUT2D eigenvalue weighted by Crippen LogP contribution is -2.32. The summed E-state index contributed by atoms with van der Waals surface area (Å²) in [5, 5.41) is 7.93. The number of nitrogens with zero attached hydrogens (tertiary/aromatic N) is 2. The van der Waals surface area contributed by atoms with Gasteiger partial charge in [-0.1, -0.05) is 11.6 Å². The lowest BCUT2D eigenvalue weighted by Gasteiger charge is -2.09. The van der Waals surface area contributed by atoms with Crippen molar-refractivity contribution >= 4 is 17.4 Å². The second-order valence-corrected chi connectivity index (χ2v) is 5.03. The van der Waals surface area contributed by atoms with Gasteiger partial charge < -0.3 is 10.1 Å². The van der Waals surface area contributed by atoms with E-state index in [9.17, 15) is 4.79 Å². The number of halogens is 1. The number of ether oxygens (including phenoxy) is 1. The molecule has 1 N–H and O–H groups in total. The van der Waals surface area contributed by atoms with Gasteiger partial charge in [0.25, 0.3) is 0 Å². The van der Waals surface area contributed by atoms with E-state index in [2.05, 4.69) is 10.4 Å². The molecule has 0 aromatic carbocycles. The topological polar surface area (TPSA) is 56.1 Å². The lowest BCUT2D eigenvalue weighted by atomic mass is 10.0. The van der Waals surface area contributed by atoms with E-state index in [1.165, 1.54) is 0 Å². The van der Waals surface area contributed by atoms with Crippen LogP contribution >= 0.6 is 11.6 Å². The van der Waals surface area contributed by atoms with Crippen LogP contribution in [0.2, 0.25) is 5.15 Å². The monoisotopic (exact) mass is 271 g/mol. The molecule has 2 rings (SSSR count). The van der Waals surface area contributed by atoms with Gasteiger partial charge in [0.1, 0.15) is 5.15 Å². The maximum atomic E-state index is 12.2. The highest BCUT2D eigenvalue weighted by Crippen LogP contribution is 2.21. The van der Waals surface area contributed by atoms with Gasteiger partial charge in [0, 0.05) is 32.7 Å². The Labute approximate surface area is 111 Å². The van der Waals surface area contributed by atoms with Crippen molar-refractivity contribution in [3.05, 3.63) is 16.4 Å². The van der Waals surface area contributed by atoms with Crippen molar-refractivity contribution in [2.75, 3.05) is 13.7 Å². The smallest absolute Gasteiger partial charge is 0.154 e. The highest BCUT2D eigenvalue weighted by atomic mass is 35.5. The summed E-state index contributed by atoms with van der Waals surface area (Å²) < 4.78 is 6.83. The molecule has 0 bridgehead atoms. The number of hydrogen-bond donors (Lipinski definition) is 1. The maximum Gasteiger partial charge on any atom is 0.154 e. The average molecular weight is 272 g/mol. The number of rotatable bonds is 4. The molecule has 2 atom stereocenters. The normalized spacial score (nSPS) is 23.6. The van der Waals surface area contributed by atoms with Crippen LogP contribution in [0.3, 0.4) is 0 Å². The molecule has 1 saturated heterocycles. The van der Waals surface area contributed by atoms with E-state index < -0.39 is 0 Å². The zero-order valence-corrected chi connectivity index (χ0v) is 11.6. The Kier molecular flexibility index (Phi) is 4.04. The summed E-state index contributed by atoms with van der Waals surface area (Å²) in [6, 6.07) is -0.134. The number of nitrogens with one attached hydrogen (secondary N) is 1. The van der Waals surface area contributed by atoms with Gasteiger partial charge >= 0.3 is 0 Å². The van der Waals surface area contributed by atoms with Crippen LogP contribution < -0.4 is 5.32 Å². The number of hydrogen-bond acceptors (Lipinski definition) is 4. The molecule has 18 heavy (non-hydrogen) atoms. The second kappa shape index (κ2) is 5.38. The Morgan fingerprint density at radius 1 is 1.67 bits per heavy atom. The van der Waals surface area contributed by atoms with Gasteiger partial charge in [-0.05, 0) is 13.3 Å². The predicted octanol–water partition coefficient (Wildman–Crippen LogP) is 0.870. The highest BCUT2D eigenvalue weighted by molar-refractivity contribution is 6.30. The van der Waals surface area contributed by atoms with Crippen molar-refractivity contribution in [1.82, 2.24) is 15.1 Å². The number of aryl methyl sites for hydroxylation is 2. The number of ketones is 1. The number of aromatic nitrogens is 2. The molecule has 1 aliphatic rings. The average Bonchev–Trinajstić information content (AvgIpc) is 2.90. The van der Waals surface area contributed by atoms with Gasteiger partial charge in [0.2, 0.25) is 0 Å². The number of carbonyl (C=O) groups excluding carboxylic acids is 1. The first-order chi connectivity index (χ1) is 8.52. The third kappa shape index (κ3) is 2.58. The molecule has 1 aromatic heterocycles. The molecule has 0 amide bonds. The lowest BCUT2D eigenvalue weighted by molar-refractivity contribution is -0.120. The van der Waals surface area contributed by atoms with Crippen LogP contribution in [0.4, 0.5) is 0 Å². The molecule has 0 radical (unpaired) electrons. The Balaban J connectivity index is 2.03. The van der Waals surface area contributed by atoms with Gasteiger partial charge in [-0.3, -0.25) is 9.48 Å². The van der Waals surface area contributed by atoms with Crippen LogP contribution in [-0.2, 0) is 23.0 Å². The minimum atomic E-state index is -0.134. The summed E-state index contributed by atoms with van der Waals surface area (Å²) in [7, 11) is 3.44. The number of carbonyl (C=O) groups is 1. The first kappa shape index (κ1) is 13.5. The predicted molar refractivity (Wildman–Crippen MR) is 68.9 cm³/mol. The molecule has 1 aliphatic heterocycles.